The Kier molecular flexibility index (Phi) is 5.01. The minimum Gasteiger partial charge on any atom is -0.364 e. The zero-order valence-corrected chi connectivity index (χ0v) is 16.0. The summed E-state index contributed by atoms with van der Waals surface area (Å²) in [6.07, 6.45) is 4.12. The van der Waals surface area contributed by atoms with Gasteiger partial charge in [-0.15, -0.1) is 0 Å². The van der Waals surface area contributed by atoms with Crippen LogP contribution < -0.4 is 0 Å². The summed E-state index contributed by atoms with van der Waals surface area (Å²) in [5, 5.41) is 0. The van der Waals surface area contributed by atoms with E-state index < -0.39 is 0 Å². The number of carbonyl (C=O) groups excluding carboxylic acids is 1. The Hall–Kier alpha value is -1.51. The van der Waals surface area contributed by atoms with E-state index in [0.717, 1.165) is 22.5 Å². The maximum atomic E-state index is 12.9. The largest absolute Gasteiger partial charge is 0.364 e. The third kappa shape index (κ3) is 3.82. The molecule has 0 atom stereocenters. The third-order valence-corrected chi connectivity index (χ3v) is 3.81. The predicted molar refractivity (Wildman–Crippen MR) is 94.5 cm³/mol. The fraction of sp³-hybridized carbons (Fsp3) is 0.632. The number of Topliss-reactive ketones (excluding diaryl/α,β-unsaturated/α-hetero) is 1. The minimum atomic E-state index is -0.170. The minimum absolute atomic E-state index is 0.170. The van der Waals surface area contributed by atoms with Gasteiger partial charge in [0, 0.05) is 44.9 Å². The molecule has 0 unspecified atom stereocenters. The Bertz CT molecular complexity index is 501. The van der Waals surface area contributed by atoms with Crippen LogP contribution in [0.5, 0.6) is 0 Å². The van der Waals surface area contributed by atoms with Crippen LogP contribution in [0.1, 0.15) is 41.5 Å². The summed E-state index contributed by atoms with van der Waals surface area (Å²) in [6.45, 7) is 12.6. The standard InChI is InChI=1S/C19H32N2O/c1-18(2,3)14-11-13(17(20(7)8)21(9)10)12-15(16(14)22)19(4,5)6/h11-12H,1-10H3. The van der Waals surface area contributed by atoms with E-state index in [1.54, 1.807) is 0 Å². The summed E-state index contributed by atoms with van der Waals surface area (Å²) >= 11 is 0. The number of nitrogens with zero attached hydrogens (tertiary/aromatic N) is 2. The molecule has 3 nitrogen and oxygen atoms in total. The molecule has 124 valence electrons. The first kappa shape index (κ1) is 18.5. The Morgan fingerprint density at radius 2 is 1.09 bits per heavy atom. The Balaban J connectivity index is 3.68. The lowest BCUT2D eigenvalue weighted by Gasteiger charge is -2.34. The molecule has 1 rings (SSSR count). The van der Waals surface area contributed by atoms with Crippen LogP contribution in [-0.2, 0) is 4.79 Å². The SMILES string of the molecule is CN(C)C(=C1C=C(C(C)(C)C)C(=O)C(C(C)(C)C)=C1)N(C)C. The highest BCUT2D eigenvalue weighted by atomic mass is 16.1. The van der Waals surface area contributed by atoms with Crippen molar-refractivity contribution in [2.45, 2.75) is 41.5 Å². The van der Waals surface area contributed by atoms with Gasteiger partial charge in [0.25, 0.3) is 0 Å². The molecule has 3 heteroatoms. The van der Waals surface area contributed by atoms with Crippen LogP contribution in [0, 0.1) is 10.8 Å². The lowest BCUT2D eigenvalue weighted by atomic mass is 9.72. The number of hydrogen-bond acceptors (Lipinski definition) is 3. The molecule has 0 spiro atoms. The number of ketones is 1. The summed E-state index contributed by atoms with van der Waals surface area (Å²) in [5.41, 5.74) is 2.53. The van der Waals surface area contributed by atoms with Gasteiger partial charge >= 0.3 is 0 Å². The van der Waals surface area contributed by atoms with Crippen molar-refractivity contribution in [2.24, 2.45) is 10.8 Å². The van der Waals surface area contributed by atoms with Gasteiger partial charge in [-0.1, -0.05) is 41.5 Å². The number of hydrogen-bond donors (Lipinski definition) is 0. The van der Waals surface area contributed by atoms with Crippen molar-refractivity contribution in [2.75, 3.05) is 28.2 Å². The summed E-state index contributed by atoms with van der Waals surface area (Å²) in [6, 6.07) is 0. The van der Waals surface area contributed by atoms with Gasteiger partial charge in [0.05, 0.1) is 0 Å². The monoisotopic (exact) mass is 304 g/mol. The summed E-state index contributed by atoms with van der Waals surface area (Å²) in [5.74, 6) is 1.29. The second-order valence-corrected chi connectivity index (χ2v) is 8.51. The molecular weight excluding hydrogens is 272 g/mol. The van der Waals surface area contributed by atoms with Crippen LogP contribution in [0.2, 0.25) is 0 Å². The zero-order chi connectivity index (χ0) is 17.5. The molecule has 0 saturated heterocycles. The number of carbonyl (C=O) groups is 1. The lowest BCUT2D eigenvalue weighted by Crippen LogP contribution is -2.31. The maximum absolute atomic E-state index is 12.9. The van der Waals surface area contributed by atoms with Gasteiger partial charge in [-0.25, -0.2) is 0 Å². The van der Waals surface area contributed by atoms with Crippen LogP contribution in [-0.4, -0.2) is 43.8 Å². The smallest absolute Gasteiger partial charge is 0.186 e. The normalized spacial score (nSPS) is 16.3. The molecule has 0 aliphatic heterocycles. The molecular formula is C19H32N2O. The molecule has 0 heterocycles. The molecule has 0 aromatic carbocycles. The highest BCUT2D eigenvalue weighted by molar-refractivity contribution is 6.11. The molecule has 0 amide bonds. The summed E-state index contributed by atoms with van der Waals surface area (Å²) < 4.78 is 0. The van der Waals surface area contributed by atoms with Crippen molar-refractivity contribution < 1.29 is 4.79 Å². The van der Waals surface area contributed by atoms with Crippen LogP contribution in [0.25, 0.3) is 0 Å². The Morgan fingerprint density at radius 3 is 1.32 bits per heavy atom. The molecule has 0 bridgehead atoms. The molecule has 0 N–H and O–H groups in total. The number of allylic oxidation sites excluding steroid dienone is 5. The molecule has 0 radical (unpaired) electrons. The first-order valence-electron chi connectivity index (χ1n) is 7.84. The maximum Gasteiger partial charge on any atom is 0.186 e. The van der Waals surface area contributed by atoms with E-state index in [4.69, 9.17) is 0 Å². The van der Waals surface area contributed by atoms with Crippen LogP contribution in [0.15, 0.2) is 34.7 Å². The van der Waals surface area contributed by atoms with Crippen LogP contribution >= 0.6 is 0 Å². The van der Waals surface area contributed by atoms with E-state index in [1.807, 2.05) is 28.2 Å². The molecule has 0 aromatic rings. The quantitative estimate of drug-likeness (QED) is 0.774. The van der Waals surface area contributed by atoms with Crippen molar-refractivity contribution in [1.29, 1.82) is 0 Å². The molecule has 1 aliphatic rings. The average molecular weight is 304 g/mol. The average Bonchev–Trinajstić information content (AvgIpc) is 2.26. The van der Waals surface area contributed by atoms with Crippen LogP contribution in [0.3, 0.4) is 0 Å². The second kappa shape index (κ2) is 5.94. The van der Waals surface area contributed by atoms with Crippen molar-refractivity contribution in [3.63, 3.8) is 0 Å². The first-order chi connectivity index (χ1) is 9.76. The van der Waals surface area contributed by atoms with Crippen LogP contribution in [0.4, 0.5) is 0 Å². The van der Waals surface area contributed by atoms with Crippen molar-refractivity contribution in [3.8, 4) is 0 Å². The van der Waals surface area contributed by atoms with Crippen molar-refractivity contribution in [3.05, 3.63) is 34.7 Å². The van der Waals surface area contributed by atoms with Gasteiger partial charge in [0.1, 0.15) is 5.82 Å². The van der Waals surface area contributed by atoms with Gasteiger partial charge in [0.15, 0.2) is 5.78 Å². The van der Waals surface area contributed by atoms with E-state index in [9.17, 15) is 4.79 Å². The Labute approximate surface area is 136 Å². The fourth-order valence-electron chi connectivity index (χ4n) is 2.79. The molecule has 22 heavy (non-hydrogen) atoms. The van der Waals surface area contributed by atoms with Gasteiger partial charge < -0.3 is 9.80 Å². The molecule has 1 aliphatic carbocycles. The Morgan fingerprint density at radius 1 is 0.773 bits per heavy atom. The van der Waals surface area contributed by atoms with Gasteiger partial charge in [-0.3, -0.25) is 4.79 Å². The predicted octanol–water partition coefficient (Wildman–Crippen LogP) is 3.85. The van der Waals surface area contributed by atoms with Crippen molar-refractivity contribution in [1.82, 2.24) is 9.80 Å². The highest BCUT2D eigenvalue weighted by Gasteiger charge is 2.34. The molecule has 0 aromatic heterocycles. The van der Waals surface area contributed by atoms with Gasteiger partial charge in [-0.2, -0.15) is 0 Å². The second-order valence-electron chi connectivity index (χ2n) is 8.51. The van der Waals surface area contributed by atoms with E-state index in [-0.39, 0.29) is 16.6 Å². The van der Waals surface area contributed by atoms with E-state index in [1.165, 1.54) is 0 Å². The summed E-state index contributed by atoms with van der Waals surface area (Å²) in [4.78, 5) is 17.1. The fourth-order valence-corrected chi connectivity index (χ4v) is 2.79. The first-order valence-corrected chi connectivity index (χ1v) is 7.84. The topological polar surface area (TPSA) is 23.6 Å². The highest BCUT2D eigenvalue weighted by Crippen LogP contribution is 2.39. The van der Waals surface area contributed by atoms with E-state index in [0.29, 0.717) is 0 Å². The molecule has 0 saturated carbocycles. The zero-order valence-electron chi connectivity index (χ0n) is 16.0. The van der Waals surface area contributed by atoms with Crippen molar-refractivity contribution >= 4 is 5.78 Å². The van der Waals surface area contributed by atoms with E-state index >= 15 is 0 Å². The lowest BCUT2D eigenvalue weighted by molar-refractivity contribution is -0.114. The molecule has 0 fully saturated rings. The summed E-state index contributed by atoms with van der Waals surface area (Å²) in [7, 11) is 8.14. The van der Waals surface area contributed by atoms with Gasteiger partial charge in [-0.05, 0) is 23.0 Å². The number of rotatable bonds is 2. The third-order valence-electron chi connectivity index (χ3n) is 3.81. The van der Waals surface area contributed by atoms with Gasteiger partial charge in [0.2, 0.25) is 0 Å². The van der Waals surface area contributed by atoms with E-state index in [2.05, 4.69) is 63.5 Å².